The molecule has 0 fully saturated rings. The van der Waals surface area contributed by atoms with Crippen LogP contribution < -0.4 is 20.1 Å². The minimum Gasteiger partial charge on any atom is -0.497 e. The lowest BCUT2D eigenvalue weighted by Crippen LogP contribution is -2.33. The Bertz CT molecular complexity index is 805. The van der Waals surface area contributed by atoms with E-state index in [1.807, 2.05) is 0 Å². The zero-order chi connectivity index (χ0) is 19.8. The van der Waals surface area contributed by atoms with Gasteiger partial charge in [-0.3, -0.25) is 9.59 Å². The maximum Gasteiger partial charge on any atom is 0.243 e. The van der Waals surface area contributed by atoms with E-state index < -0.39 is 17.5 Å². The van der Waals surface area contributed by atoms with Crippen molar-refractivity contribution in [1.82, 2.24) is 5.32 Å². The third kappa shape index (κ3) is 6.25. The van der Waals surface area contributed by atoms with Crippen molar-refractivity contribution >= 4 is 17.5 Å². The van der Waals surface area contributed by atoms with Crippen LogP contribution in [-0.2, 0) is 16.0 Å². The van der Waals surface area contributed by atoms with E-state index in [2.05, 4.69) is 10.6 Å². The first-order chi connectivity index (χ1) is 12.9. The minimum atomic E-state index is -1.06. The third-order valence-corrected chi connectivity index (χ3v) is 3.70. The van der Waals surface area contributed by atoms with Crippen molar-refractivity contribution in [2.45, 2.75) is 12.8 Å². The highest BCUT2D eigenvalue weighted by Crippen LogP contribution is 2.23. The molecule has 2 aromatic rings. The van der Waals surface area contributed by atoms with E-state index >= 15 is 0 Å². The van der Waals surface area contributed by atoms with Crippen LogP contribution in [0.2, 0.25) is 0 Å². The number of aryl methyl sites for hydroxylation is 1. The average molecular weight is 378 g/mol. The van der Waals surface area contributed by atoms with Crippen molar-refractivity contribution in [3.8, 4) is 11.5 Å². The molecule has 0 heterocycles. The quantitative estimate of drug-likeness (QED) is 0.741. The van der Waals surface area contributed by atoms with Crippen molar-refractivity contribution in [3.05, 3.63) is 53.6 Å². The van der Waals surface area contributed by atoms with Gasteiger partial charge in [0.15, 0.2) is 11.6 Å². The number of anilines is 1. The number of nitrogens with one attached hydrogen (secondary N) is 2. The zero-order valence-corrected chi connectivity index (χ0v) is 15.0. The summed E-state index contributed by atoms with van der Waals surface area (Å²) < 4.78 is 36.3. The highest BCUT2D eigenvalue weighted by Gasteiger charge is 2.09. The van der Waals surface area contributed by atoms with E-state index in [9.17, 15) is 18.4 Å². The Morgan fingerprint density at radius 3 is 2.19 bits per heavy atom. The van der Waals surface area contributed by atoms with Gasteiger partial charge in [-0.25, -0.2) is 8.78 Å². The van der Waals surface area contributed by atoms with Crippen LogP contribution in [0.4, 0.5) is 14.5 Å². The molecule has 0 aliphatic carbocycles. The highest BCUT2D eigenvalue weighted by atomic mass is 19.2. The summed E-state index contributed by atoms with van der Waals surface area (Å²) in [6, 6.07) is 8.33. The van der Waals surface area contributed by atoms with Crippen LogP contribution in [0.15, 0.2) is 36.4 Å². The lowest BCUT2D eigenvalue weighted by molar-refractivity contribution is -0.124. The molecule has 0 unspecified atom stereocenters. The van der Waals surface area contributed by atoms with E-state index in [0.717, 1.165) is 17.7 Å². The lowest BCUT2D eigenvalue weighted by atomic mass is 10.1. The van der Waals surface area contributed by atoms with Gasteiger partial charge >= 0.3 is 0 Å². The maximum absolute atomic E-state index is 13.1. The number of methoxy groups -OCH3 is 2. The molecule has 0 aliphatic rings. The second-order valence-electron chi connectivity index (χ2n) is 5.67. The molecule has 0 spiro atoms. The summed E-state index contributed by atoms with van der Waals surface area (Å²) in [4.78, 5) is 23.7. The molecule has 2 amide bonds. The highest BCUT2D eigenvalue weighted by molar-refractivity contribution is 5.94. The van der Waals surface area contributed by atoms with Crippen molar-refractivity contribution in [2.24, 2.45) is 0 Å². The third-order valence-electron chi connectivity index (χ3n) is 3.70. The number of benzene rings is 2. The SMILES string of the molecule is COc1cc(CCC(=O)NCC(=O)Nc2ccc(F)c(F)c2)cc(OC)c1. The van der Waals surface area contributed by atoms with Crippen molar-refractivity contribution in [3.63, 3.8) is 0 Å². The molecule has 0 aliphatic heterocycles. The topological polar surface area (TPSA) is 76.7 Å². The first-order valence-electron chi connectivity index (χ1n) is 8.15. The molecule has 0 atom stereocenters. The summed E-state index contributed by atoms with van der Waals surface area (Å²) >= 11 is 0. The van der Waals surface area contributed by atoms with Gasteiger partial charge in [0.2, 0.25) is 11.8 Å². The van der Waals surface area contributed by atoms with E-state index in [4.69, 9.17) is 9.47 Å². The Hall–Kier alpha value is -3.16. The number of carbonyl (C=O) groups excluding carboxylic acids is 2. The van der Waals surface area contributed by atoms with Crippen LogP contribution >= 0.6 is 0 Å². The van der Waals surface area contributed by atoms with Gasteiger partial charge in [0.05, 0.1) is 20.8 Å². The molecule has 0 saturated heterocycles. The van der Waals surface area contributed by atoms with Gasteiger partial charge < -0.3 is 20.1 Å². The predicted molar refractivity (Wildman–Crippen MR) is 95.9 cm³/mol. The Morgan fingerprint density at radius 1 is 0.926 bits per heavy atom. The van der Waals surface area contributed by atoms with Gasteiger partial charge in [0.1, 0.15) is 11.5 Å². The van der Waals surface area contributed by atoms with E-state index in [1.54, 1.807) is 18.2 Å². The monoisotopic (exact) mass is 378 g/mol. The minimum absolute atomic E-state index is 0.108. The molecular formula is C19H20F2N2O4. The Balaban J connectivity index is 1.80. The van der Waals surface area contributed by atoms with Crippen LogP contribution in [0.1, 0.15) is 12.0 Å². The standard InChI is InChI=1S/C19H20F2N2O4/c1-26-14-7-12(8-15(10-14)27-2)3-6-18(24)22-11-19(25)23-13-4-5-16(20)17(21)9-13/h4-5,7-10H,3,6,11H2,1-2H3,(H,22,24)(H,23,25). The molecule has 2 rings (SSSR count). The average Bonchev–Trinajstić information content (AvgIpc) is 2.67. The summed E-state index contributed by atoms with van der Waals surface area (Å²) in [5, 5.41) is 4.85. The predicted octanol–water partition coefficient (Wildman–Crippen LogP) is 2.67. The molecule has 8 heteroatoms. The zero-order valence-electron chi connectivity index (χ0n) is 15.0. The fourth-order valence-electron chi connectivity index (χ4n) is 2.31. The second-order valence-corrected chi connectivity index (χ2v) is 5.67. The van der Waals surface area contributed by atoms with Gasteiger partial charge in [-0.15, -0.1) is 0 Å². The van der Waals surface area contributed by atoms with Gasteiger partial charge in [-0.2, -0.15) is 0 Å². The van der Waals surface area contributed by atoms with Crippen molar-refractivity contribution < 1.29 is 27.8 Å². The number of halogens is 2. The Morgan fingerprint density at radius 2 is 1.59 bits per heavy atom. The summed E-state index contributed by atoms with van der Waals surface area (Å²) in [6.45, 7) is -0.279. The molecule has 2 aromatic carbocycles. The lowest BCUT2D eigenvalue weighted by Gasteiger charge is -2.09. The number of hydrogen-bond acceptors (Lipinski definition) is 4. The largest absolute Gasteiger partial charge is 0.497 e. The van der Waals surface area contributed by atoms with Crippen LogP contribution in [0, 0.1) is 11.6 Å². The van der Waals surface area contributed by atoms with Gasteiger partial charge in [0.25, 0.3) is 0 Å². The maximum atomic E-state index is 13.1. The fraction of sp³-hybridized carbons (Fsp3) is 0.263. The molecular weight excluding hydrogens is 358 g/mol. The number of rotatable bonds is 8. The van der Waals surface area contributed by atoms with Crippen LogP contribution in [0.25, 0.3) is 0 Å². The summed E-state index contributed by atoms with van der Waals surface area (Å²) in [7, 11) is 3.08. The number of amides is 2. The summed E-state index contributed by atoms with van der Waals surface area (Å²) in [5.74, 6) is -1.69. The van der Waals surface area contributed by atoms with E-state index in [1.165, 1.54) is 20.3 Å². The van der Waals surface area contributed by atoms with Crippen LogP contribution in [-0.4, -0.2) is 32.6 Å². The van der Waals surface area contributed by atoms with Crippen molar-refractivity contribution in [2.75, 3.05) is 26.1 Å². The number of ether oxygens (including phenoxy) is 2. The van der Waals surface area contributed by atoms with Crippen LogP contribution in [0.5, 0.6) is 11.5 Å². The first kappa shape index (κ1) is 20.2. The summed E-state index contributed by atoms with van der Waals surface area (Å²) in [5.41, 5.74) is 0.962. The molecule has 6 nitrogen and oxygen atoms in total. The molecule has 0 bridgehead atoms. The van der Waals surface area contributed by atoms with Crippen molar-refractivity contribution in [1.29, 1.82) is 0 Å². The van der Waals surface area contributed by atoms with E-state index in [-0.39, 0.29) is 24.6 Å². The van der Waals surface area contributed by atoms with Gasteiger partial charge in [0, 0.05) is 24.2 Å². The Labute approximate surface area is 155 Å². The Kier molecular flexibility index (Phi) is 7.10. The summed E-state index contributed by atoms with van der Waals surface area (Å²) in [6.07, 6.45) is 0.596. The smallest absolute Gasteiger partial charge is 0.243 e. The second kappa shape index (κ2) is 9.51. The number of carbonyl (C=O) groups is 2. The molecule has 27 heavy (non-hydrogen) atoms. The molecule has 0 aromatic heterocycles. The van der Waals surface area contributed by atoms with Gasteiger partial charge in [-0.05, 0) is 36.2 Å². The molecule has 0 radical (unpaired) electrons. The molecule has 144 valence electrons. The van der Waals surface area contributed by atoms with Gasteiger partial charge in [-0.1, -0.05) is 0 Å². The van der Waals surface area contributed by atoms with Crippen LogP contribution in [0.3, 0.4) is 0 Å². The number of hydrogen-bond donors (Lipinski definition) is 2. The fourth-order valence-corrected chi connectivity index (χ4v) is 2.31. The molecule has 2 N–H and O–H groups in total. The first-order valence-corrected chi connectivity index (χ1v) is 8.15. The van der Waals surface area contributed by atoms with E-state index in [0.29, 0.717) is 17.9 Å². The molecule has 0 saturated carbocycles. The normalized spacial score (nSPS) is 10.2.